The molecule has 6 rings (SSSR count). The number of rotatable bonds is 3. The van der Waals surface area contributed by atoms with Crippen molar-refractivity contribution in [2.24, 2.45) is 0 Å². The number of fused-ring (bicyclic) bond motifs is 2. The van der Waals surface area contributed by atoms with E-state index in [4.69, 9.17) is 19.2 Å². The minimum Gasteiger partial charge on any atom is -0.822 e. The number of hydrogen-bond donors (Lipinski definition) is 0. The standard InChI is InChI=1S/C36H18F12.H3O4P/c37-33(38,39)25-11-23(12-26(17-25)34(40,41)42)21-9-19-5-1-3-7-29(19)31(15-21)32-16-22(10-20-6-2-4-8-30(20)32)24-13-27(35(43,44)45)18-28(14-24)36(46,47)48;1-5(2,3)4/h1-18H;(H3,1,2,3,4)/p-3. The van der Waals surface area contributed by atoms with Crippen molar-refractivity contribution in [2.75, 3.05) is 0 Å². The third-order valence-electron chi connectivity index (χ3n) is 7.86. The topological polar surface area (TPSA) is 86.2 Å². The van der Waals surface area contributed by atoms with E-state index in [-0.39, 0.29) is 34.4 Å². The van der Waals surface area contributed by atoms with Crippen molar-refractivity contribution in [1.29, 1.82) is 0 Å². The van der Waals surface area contributed by atoms with E-state index in [2.05, 4.69) is 0 Å². The Labute approximate surface area is 290 Å². The Bertz CT molecular complexity index is 2140. The average molecular weight is 773 g/mol. The van der Waals surface area contributed by atoms with Crippen molar-refractivity contribution < 1.29 is 71.9 Å². The van der Waals surface area contributed by atoms with Crippen molar-refractivity contribution in [1.82, 2.24) is 0 Å². The smallest absolute Gasteiger partial charge is 0.416 e. The van der Waals surface area contributed by atoms with Gasteiger partial charge in [-0.25, -0.2) is 0 Å². The lowest BCUT2D eigenvalue weighted by Crippen LogP contribution is -2.24. The zero-order valence-corrected chi connectivity index (χ0v) is 26.9. The highest BCUT2D eigenvalue weighted by atomic mass is 31.2. The Morgan fingerprint density at radius 2 is 0.623 bits per heavy atom. The van der Waals surface area contributed by atoms with Crippen LogP contribution in [0.1, 0.15) is 22.3 Å². The first kappa shape index (κ1) is 39.3. The van der Waals surface area contributed by atoms with E-state index in [1.807, 2.05) is 0 Å². The van der Waals surface area contributed by atoms with E-state index in [1.54, 1.807) is 48.5 Å². The van der Waals surface area contributed by atoms with Crippen molar-refractivity contribution in [3.05, 3.63) is 131 Å². The van der Waals surface area contributed by atoms with Crippen molar-refractivity contribution in [3.63, 3.8) is 0 Å². The van der Waals surface area contributed by atoms with Gasteiger partial charge in [-0.15, -0.1) is 0 Å². The highest BCUT2D eigenvalue weighted by molar-refractivity contribution is 7.40. The molecule has 0 bridgehead atoms. The Hall–Kier alpha value is -4.89. The van der Waals surface area contributed by atoms with Crippen molar-refractivity contribution >= 4 is 29.4 Å². The van der Waals surface area contributed by atoms with Gasteiger partial charge in [0.15, 0.2) is 0 Å². The molecule has 0 aliphatic heterocycles. The number of benzene rings is 6. The van der Waals surface area contributed by atoms with Gasteiger partial charge in [-0.2, -0.15) is 60.5 Å². The van der Waals surface area contributed by atoms with Crippen LogP contribution in [0.2, 0.25) is 0 Å². The summed E-state index contributed by atoms with van der Waals surface area (Å²) in [5.74, 6) is 0. The van der Waals surface area contributed by atoms with Crippen LogP contribution in [-0.4, -0.2) is 0 Å². The average Bonchev–Trinajstić information content (AvgIpc) is 3.04. The fourth-order valence-corrected chi connectivity index (χ4v) is 5.64. The van der Waals surface area contributed by atoms with Gasteiger partial charge in [0.25, 0.3) is 0 Å². The second-order valence-corrected chi connectivity index (χ2v) is 12.4. The zero-order valence-electron chi connectivity index (χ0n) is 26.0. The monoisotopic (exact) mass is 773 g/mol. The first-order valence-corrected chi connectivity index (χ1v) is 16.1. The van der Waals surface area contributed by atoms with Gasteiger partial charge in [0, 0.05) is 0 Å². The number of phosphoric acid groups is 1. The summed E-state index contributed by atoms with van der Waals surface area (Å²) in [5, 5.41) is 1.77. The van der Waals surface area contributed by atoms with Gasteiger partial charge >= 0.3 is 24.7 Å². The molecule has 278 valence electrons. The molecule has 0 fully saturated rings. The van der Waals surface area contributed by atoms with Gasteiger partial charge in [-0.1, -0.05) is 48.5 Å². The quantitative estimate of drug-likeness (QED) is 0.132. The van der Waals surface area contributed by atoms with E-state index < -0.39 is 65.9 Å². The maximum Gasteiger partial charge on any atom is 0.416 e. The summed E-state index contributed by atoms with van der Waals surface area (Å²) in [7, 11) is -5.39. The lowest BCUT2D eigenvalue weighted by molar-refractivity contribution is -0.432. The highest BCUT2D eigenvalue weighted by Crippen LogP contribution is 2.44. The number of hydrogen-bond acceptors (Lipinski definition) is 4. The molecule has 0 aromatic heterocycles. The van der Waals surface area contributed by atoms with Crippen molar-refractivity contribution in [3.8, 4) is 33.4 Å². The zero-order chi connectivity index (χ0) is 39.3. The van der Waals surface area contributed by atoms with Gasteiger partial charge in [0.05, 0.1) is 22.3 Å². The van der Waals surface area contributed by atoms with E-state index in [0.29, 0.717) is 45.8 Å². The molecule has 0 N–H and O–H groups in total. The first-order chi connectivity index (χ1) is 24.3. The van der Waals surface area contributed by atoms with Crippen LogP contribution in [0.3, 0.4) is 0 Å². The van der Waals surface area contributed by atoms with Crippen LogP contribution in [0.15, 0.2) is 109 Å². The summed E-state index contributed by atoms with van der Waals surface area (Å²) in [6, 6.07) is 20.7. The molecule has 0 saturated carbocycles. The molecule has 17 heteroatoms. The number of alkyl halides is 12. The molecule has 0 amide bonds. The highest BCUT2D eigenvalue weighted by Gasteiger charge is 2.38. The summed E-state index contributed by atoms with van der Waals surface area (Å²) in [6.45, 7) is 0. The Morgan fingerprint density at radius 3 is 0.887 bits per heavy atom. The van der Waals surface area contributed by atoms with Crippen LogP contribution in [0.4, 0.5) is 52.7 Å². The summed E-state index contributed by atoms with van der Waals surface area (Å²) in [5.41, 5.74) is -6.45. The molecule has 0 aliphatic carbocycles. The fourth-order valence-electron chi connectivity index (χ4n) is 5.64. The third-order valence-corrected chi connectivity index (χ3v) is 7.86. The lowest BCUT2D eigenvalue weighted by Gasteiger charge is -2.36. The molecule has 0 saturated heterocycles. The minimum absolute atomic E-state index is 0.00666. The van der Waals surface area contributed by atoms with Crippen LogP contribution < -0.4 is 14.7 Å². The number of halogens is 12. The predicted octanol–water partition coefficient (Wildman–Crippen LogP) is 10.2. The summed E-state index contributed by atoms with van der Waals surface area (Å²) >= 11 is 0. The van der Waals surface area contributed by atoms with Crippen LogP contribution in [0.5, 0.6) is 0 Å². The molecule has 6 aromatic carbocycles. The lowest BCUT2D eigenvalue weighted by atomic mass is 9.87. The van der Waals surface area contributed by atoms with Crippen LogP contribution in [0, 0.1) is 0 Å². The van der Waals surface area contributed by atoms with Gasteiger partial charge in [-0.3, -0.25) is 0 Å². The van der Waals surface area contributed by atoms with Gasteiger partial charge in [0.2, 0.25) is 0 Å². The maximum absolute atomic E-state index is 13.7. The van der Waals surface area contributed by atoms with Gasteiger partial charge in [0.1, 0.15) is 0 Å². The molecule has 6 aromatic rings. The molecular formula is C36H18F12O4P-3. The normalized spacial score (nSPS) is 12.9. The van der Waals surface area contributed by atoms with Gasteiger partial charge < -0.3 is 19.2 Å². The van der Waals surface area contributed by atoms with Crippen LogP contribution in [0.25, 0.3) is 54.9 Å². The molecular weight excluding hydrogens is 755 g/mol. The maximum atomic E-state index is 13.7. The van der Waals surface area contributed by atoms with E-state index in [0.717, 1.165) is 0 Å². The summed E-state index contributed by atoms with van der Waals surface area (Å²) in [6.07, 6.45) is -20.4. The molecule has 0 radical (unpaired) electrons. The molecule has 0 atom stereocenters. The third kappa shape index (κ3) is 9.38. The first-order valence-electron chi connectivity index (χ1n) is 14.7. The van der Waals surface area contributed by atoms with Crippen molar-refractivity contribution in [2.45, 2.75) is 24.7 Å². The Kier molecular flexibility index (Phi) is 10.3. The minimum atomic E-state index is -5.39. The molecule has 0 unspecified atom stereocenters. The van der Waals surface area contributed by atoms with Crippen LogP contribution >= 0.6 is 7.82 Å². The Morgan fingerprint density at radius 1 is 0.377 bits per heavy atom. The second-order valence-electron chi connectivity index (χ2n) is 11.5. The van der Waals surface area contributed by atoms with E-state index in [1.165, 1.54) is 24.3 Å². The van der Waals surface area contributed by atoms with Gasteiger partial charge in [-0.05, 0) is 116 Å². The fraction of sp³-hybridized carbons (Fsp3) is 0.111. The molecule has 0 aliphatic rings. The predicted molar refractivity (Wildman–Crippen MR) is 165 cm³/mol. The van der Waals surface area contributed by atoms with E-state index in [9.17, 15) is 52.7 Å². The summed E-state index contributed by atoms with van der Waals surface area (Å²) in [4.78, 5) is 25.6. The molecule has 0 spiro atoms. The summed E-state index contributed by atoms with van der Waals surface area (Å²) < 4.78 is 173. The molecule has 53 heavy (non-hydrogen) atoms. The largest absolute Gasteiger partial charge is 0.822 e. The van der Waals surface area contributed by atoms with E-state index >= 15 is 0 Å². The Balaban J connectivity index is 0.00000101. The second kappa shape index (κ2) is 13.8. The molecule has 4 nitrogen and oxygen atoms in total. The SMILES string of the molecule is FC(F)(F)c1cc(-c2cc(-c3cc(-c4cc(C(F)(F)F)cc(C(F)(F)F)c4)cc4ccccc34)c3ccccc3c2)cc(C(F)(F)F)c1.O=P([O-])([O-])[O-]. The molecule has 0 heterocycles. The van der Waals surface area contributed by atoms with Crippen LogP contribution in [-0.2, 0) is 29.3 Å².